The Bertz CT molecular complexity index is 1590. The predicted molar refractivity (Wildman–Crippen MR) is 152 cm³/mol. The van der Waals surface area contributed by atoms with Gasteiger partial charge in [0.2, 0.25) is 0 Å². The Hall–Kier alpha value is -3.77. The van der Waals surface area contributed by atoms with Gasteiger partial charge in [0.1, 0.15) is 28.5 Å². The van der Waals surface area contributed by atoms with E-state index in [-0.39, 0.29) is 6.10 Å². The first-order chi connectivity index (χ1) is 19.1. The number of aldehydes is 1. The molecule has 4 heterocycles. The standard InChI is InChI=1S/C31H30N4O3S/c1-21-13-22(16-32)5-6-25(21)20-38-26-4-2-3-24(14-26)23-7-10-34(11-8-23)18-30-33-29-15-28(19-36)39-31(29)35(30)17-27-9-12-37-27/h2-7,13-15,19,27H,8-12,17-18,20H2,1H3. The van der Waals surface area contributed by atoms with Crippen LogP contribution in [0.5, 0.6) is 5.75 Å². The number of imidazole rings is 1. The first-order valence-electron chi connectivity index (χ1n) is 13.3. The molecular formula is C31H30N4O3S. The van der Waals surface area contributed by atoms with Crippen LogP contribution >= 0.6 is 11.3 Å². The highest BCUT2D eigenvalue weighted by Crippen LogP contribution is 2.30. The molecule has 0 amide bonds. The van der Waals surface area contributed by atoms with Crippen LogP contribution in [0.3, 0.4) is 0 Å². The normalized spacial score (nSPS) is 17.4. The second kappa shape index (κ2) is 11.1. The van der Waals surface area contributed by atoms with Gasteiger partial charge in [-0.05, 0) is 72.4 Å². The lowest BCUT2D eigenvalue weighted by atomic mass is 9.99. The van der Waals surface area contributed by atoms with Crippen molar-refractivity contribution < 1.29 is 14.3 Å². The molecule has 8 heteroatoms. The topological polar surface area (TPSA) is 80.4 Å². The third kappa shape index (κ3) is 5.52. The summed E-state index contributed by atoms with van der Waals surface area (Å²) in [5.74, 6) is 1.88. The number of ether oxygens (including phenoxy) is 2. The minimum atomic E-state index is 0.228. The Morgan fingerprint density at radius 1 is 1.26 bits per heavy atom. The molecule has 2 aromatic carbocycles. The summed E-state index contributed by atoms with van der Waals surface area (Å²) in [6.45, 7) is 6.65. The molecule has 0 saturated carbocycles. The number of thiophene rings is 1. The van der Waals surface area contributed by atoms with Crippen LogP contribution in [0, 0.1) is 18.3 Å². The first kappa shape index (κ1) is 25.5. The van der Waals surface area contributed by atoms with Gasteiger partial charge in [-0.3, -0.25) is 9.69 Å². The van der Waals surface area contributed by atoms with Gasteiger partial charge in [0.05, 0.1) is 35.7 Å². The molecule has 198 valence electrons. The van der Waals surface area contributed by atoms with Gasteiger partial charge in [-0.1, -0.05) is 24.3 Å². The van der Waals surface area contributed by atoms with Crippen molar-refractivity contribution in [3.63, 3.8) is 0 Å². The number of rotatable bonds is 9. The van der Waals surface area contributed by atoms with E-state index in [1.165, 1.54) is 22.5 Å². The van der Waals surface area contributed by atoms with E-state index in [1.54, 1.807) is 0 Å². The summed E-state index contributed by atoms with van der Waals surface area (Å²) in [4.78, 5) is 20.4. The Morgan fingerprint density at radius 2 is 2.15 bits per heavy atom. The largest absolute Gasteiger partial charge is 0.489 e. The highest BCUT2D eigenvalue weighted by Gasteiger charge is 2.24. The molecule has 6 rings (SSSR count). The van der Waals surface area contributed by atoms with Crippen LogP contribution in [0.4, 0.5) is 0 Å². The third-order valence-corrected chi connectivity index (χ3v) is 8.62. The van der Waals surface area contributed by atoms with E-state index < -0.39 is 0 Å². The molecule has 1 fully saturated rings. The molecule has 2 aromatic heterocycles. The van der Waals surface area contributed by atoms with Gasteiger partial charge in [-0.2, -0.15) is 5.26 Å². The van der Waals surface area contributed by atoms with Crippen molar-refractivity contribution in [2.45, 2.75) is 45.6 Å². The van der Waals surface area contributed by atoms with E-state index >= 15 is 0 Å². The van der Waals surface area contributed by atoms with Gasteiger partial charge in [-0.25, -0.2) is 4.98 Å². The summed E-state index contributed by atoms with van der Waals surface area (Å²) in [6.07, 6.45) is 5.46. The minimum Gasteiger partial charge on any atom is -0.489 e. The monoisotopic (exact) mass is 538 g/mol. The summed E-state index contributed by atoms with van der Waals surface area (Å²) in [5, 5.41) is 9.09. The number of nitriles is 1. The lowest BCUT2D eigenvalue weighted by Gasteiger charge is -2.29. The van der Waals surface area contributed by atoms with Gasteiger partial charge < -0.3 is 14.0 Å². The zero-order valence-electron chi connectivity index (χ0n) is 21.9. The van der Waals surface area contributed by atoms with E-state index in [0.29, 0.717) is 17.0 Å². The maximum Gasteiger partial charge on any atom is 0.160 e. The van der Waals surface area contributed by atoms with E-state index in [0.717, 1.165) is 85.0 Å². The van der Waals surface area contributed by atoms with E-state index in [1.807, 2.05) is 43.3 Å². The molecule has 0 radical (unpaired) electrons. The van der Waals surface area contributed by atoms with Gasteiger partial charge in [0, 0.05) is 19.7 Å². The molecule has 2 aliphatic heterocycles. The quantitative estimate of drug-likeness (QED) is 0.253. The van der Waals surface area contributed by atoms with Gasteiger partial charge >= 0.3 is 0 Å². The number of carbonyl (C=O) groups is 1. The van der Waals surface area contributed by atoms with Crippen LogP contribution in [-0.2, 0) is 24.4 Å². The van der Waals surface area contributed by atoms with Crippen molar-refractivity contribution in [2.24, 2.45) is 0 Å². The molecule has 0 N–H and O–H groups in total. The van der Waals surface area contributed by atoms with Crippen molar-refractivity contribution >= 4 is 33.5 Å². The number of hydrogen-bond donors (Lipinski definition) is 0. The number of nitrogens with zero attached hydrogens (tertiary/aromatic N) is 4. The molecular weight excluding hydrogens is 508 g/mol. The fourth-order valence-electron chi connectivity index (χ4n) is 5.17. The SMILES string of the molecule is Cc1cc(C#N)ccc1COc1cccc(C2=CCN(Cc3nc4cc(C=O)sc4n3CC3CCO3)CC2)c1. The summed E-state index contributed by atoms with van der Waals surface area (Å²) in [6, 6.07) is 18.1. The van der Waals surface area contributed by atoms with Gasteiger partial charge in [0.25, 0.3) is 0 Å². The third-order valence-electron chi connectivity index (χ3n) is 7.54. The van der Waals surface area contributed by atoms with Crippen molar-refractivity contribution in [2.75, 3.05) is 19.7 Å². The second-order valence-corrected chi connectivity index (χ2v) is 11.2. The van der Waals surface area contributed by atoms with Crippen molar-refractivity contribution in [3.05, 3.63) is 87.6 Å². The van der Waals surface area contributed by atoms with Crippen molar-refractivity contribution in [3.8, 4) is 11.8 Å². The second-order valence-electron chi connectivity index (χ2n) is 10.2. The number of benzene rings is 2. The Balaban J connectivity index is 1.12. The number of carbonyl (C=O) groups excluding carboxylic acids is 1. The highest BCUT2D eigenvalue weighted by molar-refractivity contribution is 7.20. The predicted octanol–water partition coefficient (Wildman–Crippen LogP) is 5.75. The molecule has 0 aliphatic carbocycles. The maximum absolute atomic E-state index is 11.3. The van der Waals surface area contributed by atoms with Crippen LogP contribution < -0.4 is 4.74 Å². The Kier molecular flexibility index (Phi) is 7.29. The molecule has 0 bridgehead atoms. The average Bonchev–Trinajstić information content (AvgIpc) is 3.48. The zero-order chi connectivity index (χ0) is 26.8. The number of aryl methyl sites for hydroxylation is 1. The number of fused-ring (bicyclic) bond motifs is 1. The summed E-state index contributed by atoms with van der Waals surface area (Å²) in [7, 11) is 0. The maximum atomic E-state index is 11.3. The lowest BCUT2D eigenvalue weighted by molar-refractivity contribution is -0.0591. The molecule has 0 spiro atoms. The van der Waals surface area contributed by atoms with Gasteiger partial charge in [0.15, 0.2) is 6.29 Å². The molecule has 1 atom stereocenters. The van der Waals surface area contributed by atoms with Crippen LogP contribution in [0.2, 0.25) is 0 Å². The van der Waals surface area contributed by atoms with E-state index in [4.69, 9.17) is 19.7 Å². The minimum absolute atomic E-state index is 0.228. The molecule has 1 saturated heterocycles. The Labute approximate surface area is 231 Å². The number of hydrogen-bond acceptors (Lipinski definition) is 7. The van der Waals surface area contributed by atoms with Crippen LogP contribution in [0.25, 0.3) is 15.9 Å². The molecule has 1 unspecified atom stereocenters. The fraction of sp³-hybridized carbons (Fsp3) is 0.323. The molecule has 4 aromatic rings. The Morgan fingerprint density at radius 3 is 2.87 bits per heavy atom. The van der Waals surface area contributed by atoms with E-state index in [9.17, 15) is 4.79 Å². The average molecular weight is 539 g/mol. The van der Waals surface area contributed by atoms with Crippen molar-refractivity contribution in [1.82, 2.24) is 14.5 Å². The smallest absolute Gasteiger partial charge is 0.160 e. The zero-order valence-corrected chi connectivity index (χ0v) is 22.7. The molecule has 2 aliphatic rings. The summed E-state index contributed by atoms with van der Waals surface area (Å²) >= 11 is 1.51. The van der Waals surface area contributed by atoms with Crippen LogP contribution in [-0.4, -0.2) is 46.5 Å². The van der Waals surface area contributed by atoms with E-state index in [2.05, 4.69) is 33.7 Å². The summed E-state index contributed by atoms with van der Waals surface area (Å²) < 4.78 is 14.1. The number of aromatic nitrogens is 2. The molecule has 7 nitrogen and oxygen atoms in total. The van der Waals surface area contributed by atoms with Gasteiger partial charge in [-0.15, -0.1) is 11.3 Å². The molecule has 39 heavy (non-hydrogen) atoms. The fourth-order valence-corrected chi connectivity index (χ4v) is 6.11. The van der Waals surface area contributed by atoms with Crippen molar-refractivity contribution in [1.29, 1.82) is 5.26 Å². The first-order valence-corrected chi connectivity index (χ1v) is 14.1. The van der Waals surface area contributed by atoms with Crippen LogP contribution in [0.15, 0.2) is 54.6 Å². The summed E-state index contributed by atoms with van der Waals surface area (Å²) in [5.41, 5.74) is 6.22. The van der Waals surface area contributed by atoms with Crippen LogP contribution in [0.1, 0.15) is 50.6 Å². The lowest BCUT2D eigenvalue weighted by Crippen LogP contribution is -2.33. The highest BCUT2D eigenvalue weighted by atomic mass is 32.1.